The highest BCUT2D eigenvalue weighted by atomic mass is 35.5. The summed E-state index contributed by atoms with van der Waals surface area (Å²) in [6.45, 7) is 7.74. The lowest BCUT2D eigenvalue weighted by Gasteiger charge is -2.25. The van der Waals surface area contributed by atoms with Gasteiger partial charge in [-0.25, -0.2) is 0 Å². The molecule has 21 heavy (non-hydrogen) atoms. The molecule has 0 aliphatic carbocycles. The number of rotatable bonds is 8. The van der Waals surface area contributed by atoms with E-state index in [1.165, 1.54) is 12.8 Å². The van der Waals surface area contributed by atoms with E-state index in [0.717, 1.165) is 13.0 Å². The van der Waals surface area contributed by atoms with E-state index in [-0.39, 0.29) is 5.91 Å². The molecule has 4 nitrogen and oxygen atoms in total. The van der Waals surface area contributed by atoms with Crippen LogP contribution in [0.25, 0.3) is 0 Å². The highest BCUT2D eigenvalue weighted by molar-refractivity contribution is 6.33. The molecular formula is C16H26ClN3O. The number of carbonyl (C=O) groups is 1. The van der Waals surface area contributed by atoms with Crippen LogP contribution in [0.4, 0.5) is 11.4 Å². The number of nitrogens with two attached hydrogens (primary N) is 1. The average Bonchev–Trinajstić information content (AvgIpc) is 2.42. The van der Waals surface area contributed by atoms with E-state index in [2.05, 4.69) is 31.0 Å². The fraction of sp³-hybridized carbons (Fsp3) is 0.562. The zero-order valence-electron chi connectivity index (χ0n) is 13.2. The largest absolute Gasteiger partial charge is 0.397 e. The fourth-order valence-corrected chi connectivity index (χ4v) is 2.21. The molecular weight excluding hydrogens is 286 g/mol. The number of nitrogen functional groups attached to an aromatic ring is 1. The lowest BCUT2D eigenvalue weighted by Crippen LogP contribution is -2.38. The number of halogens is 1. The molecule has 1 aromatic carbocycles. The van der Waals surface area contributed by atoms with Crippen LogP contribution in [0.5, 0.6) is 0 Å². The minimum Gasteiger partial charge on any atom is -0.397 e. The predicted molar refractivity (Wildman–Crippen MR) is 90.7 cm³/mol. The first kappa shape index (κ1) is 17.8. The summed E-state index contributed by atoms with van der Waals surface area (Å²) in [4.78, 5) is 14.3. The van der Waals surface area contributed by atoms with Crippen molar-refractivity contribution in [3.05, 3.63) is 23.2 Å². The summed E-state index contributed by atoms with van der Waals surface area (Å²) < 4.78 is 0. The van der Waals surface area contributed by atoms with Crippen molar-refractivity contribution < 1.29 is 4.79 Å². The molecule has 1 rings (SSSR count). The zero-order chi connectivity index (χ0) is 15.8. The van der Waals surface area contributed by atoms with Gasteiger partial charge in [-0.1, -0.05) is 31.4 Å². The molecule has 0 saturated heterocycles. The van der Waals surface area contributed by atoms with Gasteiger partial charge in [0.2, 0.25) is 5.91 Å². The van der Waals surface area contributed by atoms with E-state index in [1.54, 1.807) is 18.2 Å². The second kappa shape index (κ2) is 8.90. The molecule has 0 aliphatic heterocycles. The number of nitrogens with one attached hydrogen (secondary N) is 1. The number of carbonyl (C=O) groups excluding carboxylic acids is 1. The van der Waals surface area contributed by atoms with Crippen molar-refractivity contribution in [1.29, 1.82) is 0 Å². The summed E-state index contributed by atoms with van der Waals surface area (Å²) in [5.41, 5.74) is 6.88. The summed E-state index contributed by atoms with van der Waals surface area (Å²) in [5.74, 6) is -0.0260. The Hall–Kier alpha value is -1.26. The zero-order valence-corrected chi connectivity index (χ0v) is 13.9. The van der Waals surface area contributed by atoms with Crippen molar-refractivity contribution in [2.45, 2.75) is 46.1 Å². The molecule has 0 radical (unpaired) electrons. The maximum absolute atomic E-state index is 12.1. The Morgan fingerprint density at radius 2 is 2.10 bits per heavy atom. The van der Waals surface area contributed by atoms with Crippen LogP contribution in [0.1, 0.15) is 40.0 Å². The lowest BCUT2D eigenvalue weighted by molar-refractivity contribution is -0.117. The van der Waals surface area contributed by atoms with Gasteiger partial charge in [-0.05, 0) is 45.0 Å². The van der Waals surface area contributed by atoms with E-state index in [0.29, 0.717) is 29.0 Å². The normalized spacial score (nSPS) is 11.1. The fourth-order valence-electron chi connectivity index (χ4n) is 2.09. The number of hydrogen-bond acceptors (Lipinski definition) is 3. The van der Waals surface area contributed by atoms with Gasteiger partial charge in [0.1, 0.15) is 0 Å². The second-order valence-corrected chi connectivity index (χ2v) is 5.96. The summed E-state index contributed by atoms with van der Waals surface area (Å²) in [5, 5.41) is 3.36. The Labute approximate surface area is 132 Å². The van der Waals surface area contributed by atoms with Crippen LogP contribution >= 0.6 is 11.6 Å². The van der Waals surface area contributed by atoms with E-state index in [4.69, 9.17) is 17.3 Å². The van der Waals surface area contributed by atoms with Gasteiger partial charge >= 0.3 is 0 Å². The molecule has 0 saturated carbocycles. The van der Waals surface area contributed by atoms with Gasteiger partial charge in [0.25, 0.3) is 0 Å². The van der Waals surface area contributed by atoms with E-state index >= 15 is 0 Å². The predicted octanol–water partition coefficient (Wildman–Crippen LogP) is 3.76. The monoisotopic (exact) mass is 311 g/mol. The average molecular weight is 312 g/mol. The molecule has 0 fully saturated rings. The third kappa shape index (κ3) is 6.36. The van der Waals surface area contributed by atoms with Crippen LogP contribution in [-0.4, -0.2) is 29.9 Å². The lowest BCUT2D eigenvalue weighted by atomic mass is 10.2. The second-order valence-electron chi connectivity index (χ2n) is 5.56. The molecule has 1 aromatic rings. The number of hydrogen-bond donors (Lipinski definition) is 2. The molecule has 0 atom stereocenters. The van der Waals surface area contributed by atoms with Crippen molar-refractivity contribution in [3.8, 4) is 0 Å². The quantitative estimate of drug-likeness (QED) is 0.567. The Morgan fingerprint density at radius 3 is 2.67 bits per heavy atom. The minimum absolute atomic E-state index is 0.0260. The molecule has 0 aliphatic rings. The molecule has 1 amide bonds. The third-order valence-corrected chi connectivity index (χ3v) is 3.75. The summed E-state index contributed by atoms with van der Waals surface area (Å²) in [6.07, 6.45) is 3.50. The maximum Gasteiger partial charge on any atom is 0.238 e. The van der Waals surface area contributed by atoms with Gasteiger partial charge in [-0.15, -0.1) is 0 Å². The Bertz CT molecular complexity index is 463. The Morgan fingerprint density at radius 1 is 1.38 bits per heavy atom. The molecule has 0 heterocycles. The van der Waals surface area contributed by atoms with Crippen LogP contribution < -0.4 is 11.1 Å². The number of benzene rings is 1. The summed E-state index contributed by atoms with van der Waals surface area (Å²) in [6, 6.07) is 5.47. The summed E-state index contributed by atoms with van der Waals surface area (Å²) >= 11 is 5.87. The third-order valence-electron chi connectivity index (χ3n) is 3.41. The number of anilines is 2. The molecule has 0 aromatic heterocycles. The van der Waals surface area contributed by atoms with E-state index in [9.17, 15) is 4.79 Å². The van der Waals surface area contributed by atoms with Crippen molar-refractivity contribution in [2.24, 2.45) is 0 Å². The van der Waals surface area contributed by atoms with Gasteiger partial charge in [-0.3, -0.25) is 9.69 Å². The van der Waals surface area contributed by atoms with Crippen LogP contribution in [-0.2, 0) is 4.79 Å². The van der Waals surface area contributed by atoms with Crippen LogP contribution in [0.2, 0.25) is 5.02 Å². The minimum atomic E-state index is -0.0260. The van der Waals surface area contributed by atoms with Gasteiger partial charge < -0.3 is 11.1 Å². The van der Waals surface area contributed by atoms with Crippen molar-refractivity contribution in [1.82, 2.24) is 4.90 Å². The molecule has 118 valence electrons. The first-order valence-electron chi connectivity index (χ1n) is 7.53. The van der Waals surface area contributed by atoms with Crippen LogP contribution in [0, 0.1) is 0 Å². The van der Waals surface area contributed by atoms with Gasteiger partial charge in [0.15, 0.2) is 0 Å². The number of unbranched alkanes of at least 4 members (excludes halogenated alkanes) is 2. The van der Waals surface area contributed by atoms with Crippen molar-refractivity contribution in [2.75, 3.05) is 24.1 Å². The standard InChI is InChI=1S/C16H26ClN3O/c1-4-5-6-9-20(12(2)3)11-16(21)19-13-7-8-14(17)15(18)10-13/h7-8,10,12H,4-6,9,11,18H2,1-3H3,(H,19,21). The van der Waals surface area contributed by atoms with E-state index in [1.807, 2.05) is 0 Å². The first-order chi connectivity index (χ1) is 9.93. The van der Waals surface area contributed by atoms with E-state index < -0.39 is 0 Å². The van der Waals surface area contributed by atoms with Gasteiger partial charge in [0, 0.05) is 11.7 Å². The maximum atomic E-state index is 12.1. The topological polar surface area (TPSA) is 58.4 Å². The van der Waals surface area contributed by atoms with Gasteiger partial charge in [0.05, 0.1) is 17.3 Å². The Kier molecular flexibility index (Phi) is 7.54. The highest BCUT2D eigenvalue weighted by Gasteiger charge is 2.14. The molecule has 3 N–H and O–H groups in total. The SMILES string of the molecule is CCCCCN(CC(=O)Nc1ccc(Cl)c(N)c1)C(C)C. The van der Waals surface area contributed by atoms with Crippen molar-refractivity contribution >= 4 is 28.9 Å². The van der Waals surface area contributed by atoms with Gasteiger partial charge in [-0.2, -0.15) is 0 Å². The number of nitrogens with zero attached hydrogens (tertiary/aromatic N) is 1. The smallest absolute Gasteiger partial charge is 0.238 e. The highest BCUT2D eigenvalue weighted by Crippen LogP contribution is 2.22. The number of amides is 1. The first-order valence-corrected chi connectivity index (χ1v) is 7.90. The molecule has 0 bridgehead atoms. The Balaban J connectivity index is 2.54. The summed E-state index contributed by atoms with van der Waals surface area (Å²) in [7, 11) is 0. The van der Waals surface area contributed by atoms with Crippen molar-refractivity contribution in [3.63, 3.8) is 0 Å². The molecule has 0 unspecified atom stereocenters. The van der Waals surface area contributed by atoms with Crippen LogP contribution in [0.15, 0.2) is 18.2 Å². The molecule has 0 spiro atoms. The molecule has 5 heteroatoms. The van der Waals surface area contributed by atoms with Crippen LogP contribution in [0.3, 0.4) is 0 Å².